The maximum absolute atomic E-state index is 13.8. The summed E-state index contributed by atoms with van der Waals surface area (Å²) < 4.78 is 30.5. The van der Waals surface area contributed by atoms with E-state index in [-0.39, 0.29) is 11.6 Å². The first-order valence-electron chi connectivity index (χ1n) is 10.2. The van der Waals surface area contributed by atoms with Gasteiger partial charge in [0.2, 0.25) is 0 Å². The van der Waals surface area contributed by atoms with Crippen LogP contribution in [-0.4, -0.2) is 24.3 Å². The highest BCUT2D eigenvalue weighted by Crippen LogP contribution is 2.30. The first-order chi connectivity index (χ1) is 16.1. The van der Waals surface area contributed by atoms with E-state index >= 15 is 0 Å². The second-order valence-electron chi connectivity index (χ2n) is 7.33. The number of alkyl halides is 2. The number of halogens is 3. The Kier molecular flexibility index (Phi) is 6.11. The Morgan fingerprint density at radius 3 is 2.33 bits per heavy atom. The molecule has 2 heterocycles. The molecule has 3 aromatic carbocycles. The van der Waals surface area contributed by atoms with E-state index in [0.717, 1.165) is 21.6 Å². The van der Waals surface area contributed by atoms with E-state index in [1.807, 2.05) is 47.0 Å². The molecule has 9 heteroatoms. The first kappa shape index (κ1) is 21.6. The maximum Gasteiger partial charge on any atom is 0.320 e. The van der Waals surface area contributed by atoms with Gasteiger partial charge in [0.1, 0.15) is 11.6 Å². The second kappa shape index (κ2) is 9.33. The first-order valence-corrected chi connectivity index (χ1v) is 11.6. The molecule has 0 aliphatic rings. The van der Waals surface area contributed by atoms with E-state index < -0.39 is 6.55 Å². The van der Waals surface area contributed by atoms with Gasteiger partial charge in [-0.1, -0.05) is 65.8 Å². The average Bonchev–Trinajstić information content (AvgIpc) is 3.40. The molecule has 5 rings (SSSR count). The molecule has 0 amide bonds. The van der Waals surface area contributed by atoms with E-state index in [1.165, 1.54) is 11.8 Å². The second-order valence-corrected chi connectivity index (χ2v) is 8.71. The largest absolute Gasteiger partial charge is 0.320 e. The number of hydrogen-bond donors (Lipinski definition) is 0. The van der Waals surface area contributed by atoms with Crippen molar-refractivity contribution in [3.05, 3.63) is 101 Å². The molecule has 2 aromatic heterocycles. The predicted octanol–water partition coefficient (Wildman–Crippen LogP) is 6.55. The quantitative estimate of drug-likeness (QED) is 0.247. The summed E-state index contributed by atoms with van der Waals surface area (Å²) in [5.74, 6) is 1.25. The van der Waals surface area contributed by atoms with Gasteiger partial charge < -0.3 is 0 Å². The number of fused-ring (bicyclic) bond motifs is 1. The minimum absolute atomic E-state index is 0.218. The lowest BCUT2D eigenvalue weighted by Crippen LogP contribution is -2.05. The average molecular weight is 482 g/mol. The fourth-order valence-corrected chi connectivity index (χ4v) is 4.71. The highest BCUT2D eigenvalue weighted by molar-refractivity contribution is 7.98. The highest BCUT2D eigenvalue weighted by Gasteiger charge is 2.20. The van der Waals surface area contributed by atoms with Crippen LogP contribution < -0.4 is 0 Å². The van der Waals surface area contributed by atoms with Crippen LogP contribution in [-0.2, 0) is 12.2 Å². The molecule has 0 bridgehead atoms. The summed E-state index contributed by atoms with van der Waals surface area (Å²) in [6.45, 7) is -2.68. The van der Waals surface area contributed by atoms with Crippen LogP contribution in [0.25, 0.3) is 16.7 Å². The van der Waals surface area contributed by atoms with Gasteiger partial charge in [-0.05, 0) is 42.0 Å². The summed E-state index contributed by atoms with van der Waals surface area (Å²) in [5, 5.41) is 9.99. The topological polar surface area (TPSA) is 48.5 Å². The molecular formula is C24H18ClF2N5S. The third-order valence-electron chi connectivity index (χ3n) is 5.18. The summed E-state index contributed by atoms with van der Waals surface area (Å²) in [5.41, 5.74) is 2.89. The standard InChI is InChI=1S/C24H18ClF2N5S/c25-17-10-12-18(13-11-17)31-21(14-16-6-2-1-3-7-16)29-30-24(31)33-15-22-28-19-8-4-5-9-20(19)32(22)23(26)27/h1-13,23H,14-15H2. The summed E-state index contributed by atoms with van der Waals surface area (Å²) in [4.78, 5) is 4.42. The van der Waals surface area contributed by atoms with Gasteiger partial charge >= 0.3 is 6.55 Å². The van der Waals surface area contributed by atoms with Crippen molar-refractivity contribution >= 4 is 34.4 Å². The van der Waals surface area contributed by atoms with Gasteiger partial charge in [0.05, 0.1) is 16.8 Å². The number of hydrogen-bond acceptors (Lipinski definition) is 4. The molecule has 0 N–H and O–H groups in total. The molecule has 0 saturated carbocycles. The molecule has 5 nitrogen and oxygen atoms in total. The molecule has 0 aliphatic carbocycles. The van der Waals surface area contributed by atoms with Crippen LogP contribution in [0.3, 0.4) is 0 Å². The van der Waals surface area contributed by atoms with Gasteiger partial charge in [-0.2, -0.15) is 8.78 Å². The number of thioether (sulfide) groups is 1. The lowest BCUT2D eigenvalue weighted by molar-refractivity contribution is 0.0722. The molecule has 0 fully saturated rings. The minimum atomic E-state index is -2.68. The van der Waals surface area contributed by atoms with Gasteiger partial charge in [-0.25, -0.2) is 4.98 Å². The number of para-hydroxylation sites is 2. The van der Waals surface area contributed by atoms with Crippen LogP contribution in [0.1, 0.15) is 23.8 Å². The third-order valence-corrected chi connectivity index (χ3v) is 6.36. The molecule has 5 aromatic rings. The Hall–Kier alpha value is -3.23. The number of rotatable bonds is 7. The number of imidazole rings is 1. The van der Waals surface area contributed by atoms with Crippen molar-refractivity contribution in [1.29, 1.82) is 0 Å². The van der Waals surface area contributed by atoms with Crippen molar-refractivity contribution in [2.75, 3.05) is 0 Å². The maximum atomic E-state index is 13.8. The van der Waals surface area contributed by atoms with Crippen LogP contribution >= 0.6 is 23.4 Å². The highest BCUT2D eigenvalue weighted by atomic mass is 35.5. The summed E-state index contributed by atoms with van der Waals surface area (Å²) in [7, 11) is 0. The molecule has 0 unspecified atom stereocenters. The molecule has 0 radical (unpaired) electrons. The zero-order valence-corrected chi connectivity index (χ0v) is 18.8. The Balaban J connectivity index is 1.50. The van der Waals surface area contributed by atoms with Gasteiger partial charge in [0, 0.05) is 17.1 Å². The van der Waals surface area contributed by atoms with Gasteiger partial charge in [0.15, 0.2) is 5.16 Å². The van der Waals surface area contributed by atoms with Crippen LogP contribution in [0.2, 0.25) is 5.02 Å². The smallest absolute Gasteiger partial charge is 0.274 e. The van der Waals surface area contributed by atoms with E-state index in [2.05, 4.69) is 15.2 Å². The van der Waals surface area contributed by atoms with Gasteiger partial charge in [-0.3, -0.25) is 9.13 Å². The van der Waals surface area contributed by atoms with E-state index in [1.54, 1.807) is 36.4 Å². The molecule has 0 aliphatic heterocycles. The Morgan fingerprint density at radius 1 is 0.848 bits per heavy atom. The van der Waals surface area contributed by atoms with Crippen LogP contribution in [0.4, 0.5) is 8.78 Å². The fraction of sp³-hybridized carbons (Fsp3) is 0.125. The SMILES string of the molecule is FC(F)n1c(CSc2nnc(Cc3ccccc3)n2-c2ccc(Cl)cc2)nc2ccccc21. The van der Waals surface area contributed by atoms with E-state index in [0.29, 0.717) is 27.6 Å². The Bertz CT molecular complexity index is 1380. The Labute approximate surface area is 198 Å². The van der Waals surface area contributed by atoms with Gasteiger partial charge in [0.25, 0.3) is 0 Å². The molecule has 0 atom stereocenters. The third kappa shape index (κ3) is 4.49. The predicted molar refractivity (Wildman–Crippen MR) is 126 cm³/mol. The number of nitrogens with zero attached hydrogens (tertiary/aromatic N) is 5. The van der Waals surface area contributed by atoms with Crippen molar-refractivity contribution in [3.8, 4) is 5.69 Å². The van der Waals surface area contributed by atoms with Crippen molar-refractivity contribution in [1.82, 2.24) is 24.3 Å². The number of aromatic nitrogens is 5. The zero-order valence-electron chi connectivity index (χ0n) is 17.3. The summed E-state index contributed by atoms with van der Waals surface area (Å²) in [6.07, 6.45) is 0.576. The lowest BCUT2D eigenvalue weighted by Gasteiger charge is -2.11. The summed E-state index contributed by atoms with van der Waals surface area (Å²) >= 11 is 7.40. The normalized spacial score (nSPS) is 11.5. The molecule has 166 valence electrons. The van der Waals surface area contributed by atoms with Crippen molar-refractivity contribution < 1.29 is 8.78 Å². The van der Waals surface area contributed by atoms with E-state index in [4.69, 9.17) is 11.6 Å². The Morgan fingerprint density at radius 2 is 1.58 bits per heavy atom. The van der Waals surface area contributed by atoms with Crippen LogP contribution in [0.5, 0.6) is 0 Å². The summed E-state index contributed by atoms with van der Waals surface area (Å²) in [6, 6.07) is 24.2. The minimum Gasteiger partial charge on any atom is -0.274 e. The zero-order chi connectivity index (χ0) is 22.8. The van der Waals surface area contributed by atoms with Crippen molar-refractivity contribution in [2.24, 2.45) is 0 Å². The monoisotopic (exact) mass is 481 g/mol. The number of benzene rings is 3. The van der Waals surface area contributed by atoms with Gasteiger partial charge in [-0.15, -0.1) is 10.2 Å². The van der Waals surface area contributed by atoms with Crippen molar-refractivity contribution in [2.45, 2.75) is 23.9 Å². The molecule has 0 saturated heterocycles. The van der Waals surface area contributed by atoms with Crippen LogP contribution in [0, 0.1) is 0 Å². The molecular weight excluding hydrogens is 464 g/mol. The van der Waals surface area contributed by atoms with Crippen molar-refractivity contribution in [3.63, 3.8) is 0 Å². The molecule has 0 spiro atoms. The van der Waals surface area contributed by atoms with Crippen LogP contribution in [0.15, 0.2) is 84.0 Å². The van der Waals surface area contributed by atoms with E-state index in [9.17, 15) is 8.78 Å². The lowest BCUT2D eigenvalue weighted by atomic mass is 10.1. The fourth-order valence-electron chi connectivity index (χ4n) is 3.68. The molecule has 33 heavy (non-hydrogen) atoms.